The van der Waals surface area contributed by atoms with Gasteiger partial charge < -0.3 is 10.4 Å². The first kappa shape index (κ1) is 19.1. The molecule has 3 N–H and O–H groups in total. The van der Waals surface area contributed by atoms with Gasteiger partial charge in [0.25, 0.3) is 5.91 Å². The fraction of sp³-hybridized carbons (Fsp3) is 0.217. The number of fused-ring (bicyclic) bond motifs is 2. The van der Waals surface area contributed by atoms with Crippen LogP contribution in [0.2, 0.25) is 0 Å². The van der Waals surface area contributed by atoms with E-state index in [9.17, 15) is 14.3 Å². The predicted octanol–water partition coefficient (Wildman–Crippen LogP) is 4.27. The van der Waals surface area contributed by atoms with Crippen molar-refractivity contribution in [3.8, 4) is 11.3 Å². The maximum Gasteiger partial charge on any atom is 0.254 e. The number of hydrogen-bond donors (Lipinski definition) is 3. The quantitative estimate of drug-likeness (QED) is 0.475. The third kappa shape index (κ3) is 3.59. The zero-order valence-corrected chi connectivity index (χ0v) is 16.2. The Balaban J connectivity index is 1.77. The van der Waals surface area contributed by atoms with Crippen molar-refractivity contribution in [1.29, 1.82) is 0 Å². The summed E-state index contributed by atoms with van der Waals surface area (Å²) in [7, 11) is 0. The highest BCUT2D eigenvalue weighted by molar-refractivity contribution is 6.02. The minimum absolute atomic E-state index is 0.0258. The van der Waals surface area contributed by atoms with Gasteiger partial charge in [-0.1, -0.05) is 50.2 Å². The van der Waals surface area contributed by atoms with Crippen LogP contribution in [0.4, 0.5) is 4.39 Å². The molecule has 1 heterocycles. The second-order valence-electron chi connectivity index (χ2n) is 7.52. The van der Waals surface area contributed by atoms with Gasteiger partial charge in [-0.05, 0) is 28.8 Å². The molecule has 0 fully saturated rings. The Kier molecular flexibility index (Phi) is 5.03. The molecule has 1 amide bonds. The number of aromatic amines is 1. The van der Waals surface area contributed by atoms with E-state index in [-0.39, 0.29) is 18.1 Å². The Morgan fingerprint density at radius 3 is 2.62 bits per heavy atom. The summed E-state index contributed by atoms with van der Waals surface area (Å²) < 4.78 is 14.6. The van der Waals surface area contributed by atoms with E-state index < -0.39 is 17.8 Å². The first-order valence-corrected chi connectivity index (χ1v) is 9.56. The Morgan fingerprint density at radius 1 is 1.14 bits per heavy atom. The van der Waals surface area contributed by atoms with E-state index in [1.54, 1.807) is 0 Å². The molecule has 148 valence electrons. The molecule has 3 aromatic carbocycles. The van der Waals surface area contributed by atoms with Gasteiger partial charge in [0.15, 0.2) is 0 Å². The number of rotatable bonds is 5. The summed E-state index contributed by atoms with van der Waals surface area (Å²) in [6, 6.07) is 16.4. The summed E-state index contributed by atoms with van der Waals surface area (Å²) in [6.45, 7) is 3.56. The summed E-state index contributed by atoms with van der Waals surface area (Å²) >= 11 is 0. The Bertz CT molecular complexity index is 1200. The Hall–Kier alpha value is -3.25. The smallest absolute Gasteiger partial charge is 0.254 e. The van der Waals surface area contributed by atoms with Gasteiger partial charge in [-0.15, -0.1) is 0 Å². The highest BCUT2D eigenvalue weighted by atomic mass is 19.1. The number of H-pyrrole nitrogens is 1. The highest BCUT2D eigenvalue weighted by Gasteiger charge is 2.21. The van der Waals surface area contributed by atoms with Gasteiger partial charge >= 0.3 is 0 Å². The van der Waals surface area contributed by atoms with E-state index in [1.165, 1.54) is 12.1 Å². The lowest BCUT2D eigenvalue weighted by atomic mass is 10.0. The van der Waals surface area contributed by atoms with E-state index in [0.29, 0.717) is 16.6 Å². The second kappa shape index (κ2) is 7.64. The van der Waals surface area contributed by atoms with Gasteiger partial charge in [-0.3, -0.25) is 9.89 Å². The lowest BCUT2D eigenvalue weighted by Gasteiger charge is -2.20. The number of aliphatic hydroxyl groups excluding tert-OH is 1. The molecule has 1 atom stereocenters. The van der Waals surface area contributed by atoms with Crippen LogP contribution in [0.25, 0.3) is 32.9 Å². The van der Waals surface area contributed by atoms with Crippen LogP contribution in [0, 0.1) is 11.7 Å². The number of carbonyl (C=O) groups is 1. The molecular formula is C23H22FN3O2. The van der Waals surface area contributed by atoms with Crippen molar-refractivity contribution in [1.82, 2.24) is 15.5 Å². The molecular weight excluding hydrogens is 369 g/mol. The van der Waals surface area contributed by atoms with Gasteiger partial charge in [-0.2, -0.15) is 5.10 Å². The van der Waals surface area contributed by atoms with Gasteiger partial charge in [0.05, 0.1) is 29.4 Å². The van der Waals surface area contributed by atoms with E-state index in [1.807, 2.05) is 56.3 Å². The molecule has 0 saturated carbocycles. The fourth-order valence-electron chi connectivity index (χ4n) is 3.44. The zero-order chi connectivity index (χ0) is 20.5. The van der Waals surface area contributed by atoms with Gasteiger partial charge in [0.2, 0.25) is 0 Å². The monoisotopic (exact) mass is 391 g/mol. The van der Waals surface area contributed by atoms with Crippen LogP contribution in [-0.2, 0) is 0 Å². The molecule has 0 saturated heterocycles. The lowest BCUT2D eigenvalue weighted by molar-refractivity contribution is 0.0893. The maximum absolute atomic E-state index is 14.6. The number of benzene rings is 3. The number of amides is 1. The van der Waals surface area contributed by atoms with Gasteiger partial charge in [0, 0.05) is 17.0 Å². The summed E-state index contributed by atoms with van der Waals surface area (Å²) in [4.78, 5) is 12.6. The summed E-state index contributed by atoms with van der Waals surface area (Å²) in [5.41, 5.74) is 1.98. The third-order valence-corrected chi connectivity index (χ3v) is 5.24. The molecule has 4 aromatic rings. The van der Waals surface area contributed by atoms with Crippen molar-refractivity contribution < 1.29 is 14.3 Å². The zero-order valence-electron chi connectivity index (χ0n) is 16.2. The van der Waals surface area contributed by atoms with Crippen molar-refractivity contribution in [2.24, 2.45) is 5.92 Å². The lowest BCUT2D eigenvalue weighted by Crippen LogP contribution is -2.41. The molecule has 0 bridgehead atoms. The molecule has 1 aromatic heterocycles. The predicted molar refractivity (Wildman–Crippen MR) is 112 cm³/mol. The highest BCUT2D eigenvalue weighted by Crippen LogP contribution is 2.30. The molecule has 0 radical (unpaired) electrons. The van der Waals surface area contributed by atoms with Crippen molar-refractivity contribution in [2.45, 2.75) is 19.9 Å². The molecule has 0 spiro atoms. The van der Waals surface area contributed by atoms with Crippen LogP contribution in [0.3, 0.4) is 0 Å². The SMILES string of the molecule is CC(C)C(CO)NC(=O)c1cc2c(-c3ccc4ccccc4c3)n[nH]c2cc1F. The molecule has 0 aliphatic rings. The number of hydrogen-bond acceptors (Lipinski definition) is 3. The van der Waals surface area contributed by atoms with E-state index in [0.717, 1.165) is 16.3 Å². The minimum atomic E-state index is -0.635. The Labute approximate surface area is 167 Å². The molecule has 1 unspecified atom stereocenters. The van der Waals surface area contributed by atoms with Crippen LogP contribution in [-0.4, -0.2) is 33.9 Å². The molecule has 0 aliphatic carbocycles. The molecule has 6 heteroatoms. The average molecular weight is 391 g/mol. The van der Waals surface area contributed by atoms with Crippen LogP contribution < -0.4 is 5.32 Å². The standard InChI is InChI=1S/C23H22FN3O2/c1-13(2)21(12-28)25-23(29)17-10-18-20(11-19(17)24)26-27-22(18)16-8-7-14-5-3-4-6-15(14)9-16/h3-11,13,21,28H,12H2,1-2H3,(H,25,29)(H,26,27). The summed E-state index contributed by atoms with van der Waals surface area (Å²) in [6.07, 6.45) is 0. The van der Waals surface area contributed by atoms with Crippen LogP contribution >= 0.6 is 0 Å². The number of aliphatic hydroxyl groups is 1. The number of carbonyl (C=O) groups excluding carboxylic acids is 1. The van der Waals surface area contributed by atoms with Gasteiger partial charge in [-0.25, -0.2) is 4.39 Å². The van der Waals surface area contributed by atoms with Crippen molar-refractivity contribution in [2.75, 3.05) is 6.61 Å². The second-order valence-corrected chi connectivity index (χ2v) is 7.52. The van der Waals surface area contributed by atoms with Crippen LogP contribution in [0.5, 0.6) is 0 Å². The number of halogens is 1. The van der Waals surface area contributed by atoms with Gasteiger partial charge in [0.1, 0.15) is 5.82 Å². The van der Waals surface area contributed by atoms with Crippen LogP contribution in [0.15, 0.2) is 54.6 Å². The molecule has 4 rings (SSSR count). The first-order valence-electron chi connectivity index (χ1n) is 9.56. The number of nitrogens with zero attached hydrogens (tertiary/aromatic N) is 1. The number of nitrogens with one attached hydrogen (secondary N) is 2. The summed E-state index contributed by atoms with van der Waals surface area (Å²) in [5.74, 6) is -1.16. The van der Waals surface area contributed by atoms with E-state index >= 15 is 0 Å². The Morgan fingerprint density at radius 2 is 1.90 bits per heavy atom. The normalized spacial score (nSPS) is 12.6. The number of aromatic nitrogens is 2. The molecule has 29 heavy (non-hydrogen) atoms. The minimum Gasteiger partial charge on any atom is -0.394 e. The van der Waals surface area contributed by atoms with Crippen molar-refractivity contribution in [3.63, 3.8) is 0 Å². The van der Waals surface area contributed by atoms with E-state index in [2.05, 4.69) is 15.5 Å². The van der Waals surface area contributed by atoms with E-state index in [4.69, 9.17) is 0 Å². The fourth-order valence-corrected chi connectivity index (χ4v) is 3.44. The third-order valence-electron chi connectivity index (χ3n) is 5.24. The first-order chi connectivity index (χ1) is 14.0. The largest absolute Gasteiger partial charge is 0.394 e. The molecule has 0 aliphatic heterocycles. The maximum atomic E-state index is 14.6. The van der Waals surface area contributed by atoms with Crippen molar-refractivity contribution in [3.05, 3.63) is 66.0 Å². The summed E-state index contributed by atoms with van der Waals surface area (Å²) in [5, 5.41) is 22.2. The molecule has 5 nitrogen and oxygen atoms in total. The average Bonchev–Trinajstić information content (AvgIpc) is 3.13. The van der Waals surface area contributed by atoms with Crippen molar-refractivity contribution >= 4 is 27.6 Å². The van der Waals surface area contributed by atoms with Crippen LogP contribution in [0.1, 0.15) is 24.2 Å². The topological polar surface area (TPSA) is 78.0 Å².